The Morgan fingerprint density at radius 3 is 2.61 bits per heavy atom. The van der Waals surface area contributed by atoms with Crippen molar-refractivity contribution >= 4 is 27.5 Å². The second kappa shape index (κ2) is 8.52. The molecular weight excluding hydrogens is 400 g/mol. The molecule has 1 atom stereocenters. The van der Waals surface area contributed by atoms with Crippen LogP contribution in [0.1, 0.15) is 26.3 Å². The van der Waals surface area contributed by atoms with E-state index in [4.69, 9.17) is 4.74 Å². The van der Waals surface area contributed by atoms with Gasteiger partial charge in [-0.25, -0.2) is 8.42 Å². The number of nitrogens with zero attached hydrogens (tertiary/aromatic N) is 3. The van der Waals surface area contributed by atoms with E-state index in [2.05, 4.69) is 15.5 Å². The maximum atomic E-state index is 12.2. The predicted octanol–water partition coefficient (Wildman–Crippen LogP) is 1.93. The Morgan fingerprint density at radius 2 is 2.04 bits per heavy atom. The average molecular weight is 425 g/mol. The van der Waals surface area contributed by atoms with Crippen molar-refractivity contribution < 1.29 is 17.9 Å². The molecule has 0 saturated carbocycles. The Balaban J connectivity index is 1.68. The van der Waals surface area contributed by atoms with Crippen molar-refractivity contribution in [2.75, 3.05) is 24.4 Å². The summed E-state index contributed by atoms with van der Waals surface area (Å²) in [4.78, 5) is 12.2. The summed E-state index contributed by atoms with van der Waals surface area (Å²) in [5, 5.41) is 12.0. The number of sulfone groups is 1. The molecule has 1 aliphatic rings. The van der Waals surface area contributed by atoms with Gasteiger partial charge in [0.2, 0.25) is 5.91 Å². The first kappa shape index (κ1) is 20.7. The van der Waals surface area contributed by atoms with Gasteiger partial charge in [-0.2, -0.15) is 0 Å². The molecule has 10 heteroatoms. The van der Waals surface area contributed by atoms with E-state index >= 15 is 0 Å². The number of benzene rings is 1. The second-order valence-electron chi connectivity index (χ2n) is 6.95. The zero-order valence-corrected chi connectivity index (χ0v) is 17.7. The predicted molar refractivity (Wildman–Crippen MR) is 108 cm³/mol. The highest BCUT2D eigenvalue weighted by molar-refractivity contribution is 7.99. The Labute approximate surface area is 169 Å². The summed E-state index contributed by atoms with van der Waals surface area (Å²) in [6.07, 6.45) is 0.475. The summed E-state index contributed by atoms with van der Waals surface area (Å²) < 4.78 is 30.2. The summed E-state index contributed by atoms with van der Waals surface area (Å²) in [7, 11) is -1.40. The van der Waals surface area contributed by atoms with E-state index in [1.165, 1.54) is 11.8 Å². The lowest BCUT2D eigenvalue weighted by Crippen LogP contribution is -2.36. The number of carbonyl (C=O) groups excluding carboxylic acids is 1. The monoisotopic (exact) mass is 424 g/mol. The molecule has 1 aliphatic heterocycles. The fraction of sp³-hybridized carbons (Fsp3) is 0.500. The van der Waals surface area contributed by atoms with Crippen molar-refractivity contribution in [3.05, 3.63) is 24.3 Å². The first-order valence-corrected chi connectivity index (χ1v) is 11.8. The van der Waals surface area contributed by atoms with Gasteiger partial charge >= 0.3 is 0 Å². The molecule has 0 radical (unpaired) electrons. The molecule has 1 fully saturated rings. The first-order valence-electron chi connectivity index (χ1n) is 9.01. The van der Waals surface area contributed by atoms with Crippen molar-refractivity contribution in [2.24, 2.45) is 0 Å². The van der Waals surface area contributed by atoms with Crippen LogP contribution in [0.15, 0.2) is 29.4 Å². The lowest BCUT2D eigenvalue weighted by molar-refractivity contribution is -0.119. The van der Waals surface area contributed by atoms with Crippen molar-refractivity contribution in [2.45, 2.75) is 37.5 Å². The highest BCUT2D eigenvalue weighted by atomic mass is 32.2. The smallest absolute Gasteiger partial charge is 0.230 e. The van der Waals surface area contributed by atoms with Crippen LogP contribution in [0.3, 0.4) is 0 Å². The number of hydrogen-bond donors (Lipinski definition) is 1. The number of methoxy groups -OCH3 is 1. The first-order chi connectivity index (χ1) is 13.3. The molecular formula is C18H24N4O4S2. The van der Waals surface area contributed by atoms with E-state index in [-0.39, 0.29) is 35.2 Å². The van der Waals surface area contributed by atoms with Gasteiger partial charge in [0.15, 0.2) is 20.8 Å². The van der Waals surface area contributed by atoms with Gasteiger partial charge in [-0.3, -0.25) is 9.36 Å². The van der Waals surface area contributed by atoms with Crippen LogP contribution in [0, 0.1) is 0 Å². The maximum absolute atomic E-state index is 12.2. The highest BCUT2D eigenvalue weighted by Gasteiger charge is 2.29. The van der Waals surface area contributed by atoms with E-state index < -0.39 is 9.84 Å². The van der Waals surface area contributed by atoms with Crippen LogP contribution in [-0.4, -0.2) is 59.5 Å². The van der Waals surface area contributed by atoms with Crippen molar-refractivity contribution in [3.8, 4) is 17.1 Å². The number of amides is 1. The highest BCUT2D eigenvalue weighted by Crippen LogP contribution is 2.28. The molecule has 0 spiro atoms. The number of carbonyl (C=O) groups is 1. The number of thioether (sulfide) groups is 1. The third kappa shape index (κ3) is 4.85. The average Bonchev–Trinajstić information content (AvgIpc) is 3.23. The zero-order chi connectivity index (χ0) is 20.3. The Hall–Kier alpha value is -2.07. The van der Waals surface area contributed by atoms with Crippen LogP contribution in [0.4, 0.5) is 0 Å². The summed E-state index contributed by atoms with van der Waals surface area (Å²) in [5.74, 6) is 1.60. The summed E-state index contributed by atoms with van der Waals surface area (Å²) in [5.41, 5.74) is 0.912. The number of aromatic nitrogens is 3. The normalized spacial score (nSPS) is 18.4. The third-order valence-electron chi connectivity index (χ3n) is 4.46. The van der Waals surface area contributed by atoms with Crippen LogP contribution in [0.2, 0.25) is 0 Å². The molecule has 2 heterocycles. The van der Waals surface area contributed by atoms with Crippen molar-refractivity contribution in [1.82, 2.24) is 20.1 Å². The minimum atomic E-state index is -3.02. The molecule has 2 aromatic rings. The molecule has 152 valence electrons. The van der Waals surface area contributed by atoms with Crippen LogP contribution in [0.25, 0.3) is 11.4 Å². The molecule has 1 N–H and O–H groups in total. The number of ether oxygens (including phenoxy) is 1. The quantitative estimate of drug-likeness (QED) is 0.677. The Kier molecular flexibility index (Phi) is 6.29. The van der Waals surface area contributed by atoms with Gasteiger partial charge in [-0.15, -0.1) is 10.2 Å². The van der Waals surface area contributed by atoms with Crippen molar-refractivity contribution in [1.29, 1.82) is 0 Å². The van der Waals surface area contributed by atoms with Gasteiger partial charge < -0.3 is 10.1 Å². The third-order valence-corrected chi connectivity index (χ3v) is 7.17. The minimum absolute atomic E-state index is 0.0210. The molecule has 1 aromatic carbocycles. The maximum Gasteiger partial charge on any atom is 0.230 e. The zero-order valence-electron chi connectivity index (χ0n) is 16.1. The summed E-state index contributed by atoms with van der Waals surface area (Å²) in [6.45, 7) is 4.06. The fourth-order valence-electron chi connectivity index (χ4n) is 3.09. The van der Waals surface area contributed by atoms with Crippen LogP contribution in [-0.2, 0) is 14.6 Å². The molecule has 8 nitrogen and oxygen atoms in total. The molecule has 1 aromatic heterocycles. The Bertz CT molecular complexity index is 939. The number of nitrogens with one attached hydrogen (secondary N) is 1. The summed E-state index contributed by atoms with van der Waals surface area (Å²) >= 11 is 1.29. The van der Waals surface area contributed by atoms with Gasteiger partial charge in [0.1, 0.15) is 5.75 Å². The van der Waals surface area contributed by atoms with E-state index in [1.807, 2.05) is 42.7 Å². The van der Waals surface area contributed by atoms with E-state index in [9.17, 15) is 13.2 Å². The molecule has 3 rings (SSSR count). The van der Waals surface area contributed by atoms with Gasteiger partial charge in [0.05, 0.1) is 24.4 Å². The number of hydrogen-bond acceptors (Lipinski definition) is 7. The molecule has 1 amide bonds. The van der Waals surface area contributed by atoms with Gasteiger partial charge in [0.25, 0.3) is 0 Å². The molecule has 0 aliphatic carbocycles. The molecule has 28 heavy (non-hydrogen) atoms. The lowest BCUT2D eigenvalue weighted by Gasteiger charge is -2.14. The topological polar surface area (TPSA) is 103 Å². The summed E-state index contributed by atoms with van der Waals surface area (Å²) in [6, 6.07) is 7.38. The van der Waals surface area contributed by atoms with E-state index in [0.717, 1.165) is 17.1 Å². The van der Waals surface area contributed by atoms with Crippen LogP contribution >= 0.6 is 11.8 Å². The fourth-order valence-corrected chi connectivity index (χ4v) is 5.64. The lowest BCUT2D eigenvalue weighted by atomic mass is 10.2. The molecule has 1 saturated heterocycles. The van der Waals surface area contributed by atoms with E-state index in [1.54, 1.807) is 7.11 Å². The van der Waals surface area contributed by atoms with E-state index in [0.29, 0.717) is 11.6 Å². The Morgan fingerprint density at radius 1 is 1.32 bits per heavy atom. The largest absolute Gasteiger partial charge is 0.497 e. The molecule has 0 bridgehead atoms. The van der Waals surface area contributed by atoms with Gasteiger partial charge in [0, 0.05) is 17.6 Å². The van der Waals surface area contributed by atoms with Crippen molar-refractivity contribution in [3.63, 3.8) is 0 Å². The molecule has 1 unspecified atom stereocenters. The SMILES string of the molecule is COc1ccc(-c2nnc(SCC(=O)NC3CCS(=O)(=O)C3)n2C(C)C)cc1. The minimum Gasteiger partial charge on any atom is -0.497 e. The van der Waals surface area contributed by atoms with Gasteiger partial charge in [-0.05, 0) is 44.5 Å². The standard InChI is InChI=1S/C18H24N4O4S2/c1-12(2)22-17(13-4-6-15(26-3)7-5-13)20-21-18(22)27-10-16(23)19-14-8-9-28(24,25)11-14/h4-7,12,14H,8-11H2,1-3H3,(H,19,23). The van der Waals surface area contributed by atoms with Crippen LogP contribution < -0.4 is 10.1 Å². The number of rotatable bonds is 7. The second-order valence-corrected chi connectivity index (χ2v) is 10.1. The van der Waals surface area contributed by atoms with Gasteiger partial charge in [-0.1, -0.05) is 11.8 Å². The van der Waals surface area contributed by atoms with Crippen LogP contribution in [0.5, 0.6) is 5.75 Å².